The second-order valence-electron chi connectivity index (χ2n) is 8.74. The lowest BCUT2D eigenvalue weighted by Crippen LogP contribution is -2.52. The summed E-state index contributed by atoms with van der Waals surface area (Å²) in [6.07, 6.45) is 0.435. The molecule has 8 heteroatoms. The van der Waals surface area contributed by atoms with Crippen LogP contribution < -0.4 is 10.6 Å². The van der Waals surface area contributed by atoms with Gasteiger partial charge in [-0.25, -0.2) is 4.79 Å². The van der Waals surface area contributed by atoms with E-state index in [2.05, 4.69) is 44.5 Å². The molecule has 0 aliphatic heterocycles. The number of hydrogen-bond donors (Lipinski definition) is 3. The molecule has 0 bridgehead atoms. The van der Waals surface area contributed by atoms with Gasteiger partial charge in [-0.15, -0.1) is 0 Å². The van der Waals surface area contributed by atoms with E-state index in [0.717, 1.165) is 5.56 Å². The molecular formula is C21H34N2O5Si. The molecule has 0 aromatic heterocycles. The average Bonchev–Trinajstić information content (AvgIpc) is 2.59. The molecule has 3 N–H and O–H groups in total. The second-order valence-corrected chi connectivity index (χ2v) is 13.5. The summed E-state index contributed by atoms with van der Waals surface area (Å²) in [5.41, 5.74) is 0.870. The Hall–Kier alpha value is -2.19. The number of carbonyl (C=O) groups is 3. The number of benzene rings is 1. The summed E-state index contributed by atoms with van der Waals surface area (Å²) < 4.78 is 6.03. The van der Waals surface area contributed by atoms with Crippen molar-refractivity contribution in [3.63, 3.8) is 0 Å². The van der Waals surface area contributed by atoms with Gasteiger partial charge in [0.2, 0.25) is 11.8 Å². The number of carboxylic acid groups (broad SMARTS) is 1. The Morgan fingerprint density at radius 2 is 1.66 bits per heavy atom. The highest BCUT2D eigenvalue weighted by atomic mass is 28.4. The lowest BCUT2D eigenvalue weighted by Gasteiger charge is -2.36. The molecule has 1 aromatic carbocycles. The summed E-state index contributed by atoms with van der Waals surface area (Å²) in [5, 5.41) is 14.7. The zero-order valence-electron chi connectivity index (χ0n) is 18.2. The second kappa shape index (κ2) is 10.5. The fourth-order valence-corrected chi connectivity index (χ4v) is 3.54. The summed E-state index contributed by atoms with van der Waals surface area (Å²) in [6, 6.07) is 7.32. The standard InChI is InChI=1S/C21H34N2O5Si/c1-15(24)22-18(14-16-10-8-7-9-11-16)19(25)23-17(20(26)27)12-13-28-29(5,6)21(2,3)4/h7-11,17-18H,12-14H2,1-6H3,(H,22,24)(H,23,25)(H,26,27)/t17-,18+/m0/s1. The zero-order chi connectivity index (χ0) is 22.2. The van der Waals surface area contributed by atoms with Crippen molar-refractivity contribution in [3.05, 3.63) is 35.9 Å². The van der Waals surface area contributed by atoms with Crippen LogP contribution >= 0.6 is 0 Å². The summed E-state index contributed by atoms with van der Waals surface area (Å²) in [4.78, 5) is 35.9. The molecule has 2 atom stereocenters. The summed E-state index contributed by atoms with van der Waals surface area (Å²) >= 11 is 0. The van der Waals surface area contributed by atoms with Gasteiger partial charge >= 0.3 is 5.97 Å². The molecule has 1 aromatic rings. The highest BCUT2D eigenvalue weighted by Crippen LogP contribution is 2.36. The minimum absolute atomic E-state index is 0.0150. The average molecular weight is 423 g/mol. The number of amides is 2. The quantitative estimate of drug-likeness (QED) is 0.503. The lowest BCUT2D eigenvalue weighted by atomic mass is 10.0. The number of rotatable bonds is 10. The highest BCUT2D eigenvalue weighted by molar-refractivity contribution is 6.74. The van der Waals surface area contributed by atoms with Crippen LogP contribution in [0.25, 0.3) is 0 Å². The number of carboxylic acids is 1. The van der Waals surface area contributed by atoms with E-state index in [0.29, 0.717) is 0 Å². The molecule has 0 unspecified atom stereocenters. The highest BCUT2D eigenvalue weighted by Gasteiger charge is 2.37. The van der Waals surface area contributed by atoms with Crippen LogP contribution in [0.2, 0.25) is 18.1 Å². The fourth-order valence-electron chi connectivity index (χ4n) is 2.48. The molecule has 0 aliphatic carbocycles. The van der Waals surface area contributed by atoms with Crippen LogP contribution in [0.5, 0.6) is 0 Å². The van der Waals surface area contributed by atoms with Crippen molar-refractivity contribution >= 4 is 26.1 Å². The van der Waals surface area contributed by atoms with E-state index < -0.39 is 32.3 Å². The van der Waals surface area contributed by atoms with Gasteiger partial charge in [-0.05, 0) is 23.7 Å². The topological polar surface area (TPSA) is 105 Å². The first-order valence-corrected chi connectivity index (χ1v) is 12.7. The van der Waals surface area contributed by atoms with Crippen molar-refractivity contribution < 1.29 is 23.9 Å². The zero-order valence-corrected chi connectivity index (χ0v) is 19.2. The van der Waals surface area contributed by atoms with Crippen molar-refractivity contribution in [3.8, 4) is 0 Å². The molecule has 0 aliphatic rings. The molecule has 0 spiro atoms. The maximum atomic E-state index is 12.7. The third-order valence-electron chi connectivity index (χ3n) is 5.27. The molecule has 0 radical (unpaired) electrons. The Morgan fingerprint density at radius 1 is 1.07 bits per heavy atom. The Kier molecular flexibility index (Phi) is 9.03. The Bertz CT molecular complexity index is 701. The van der Waals surface area contributed by atoms with Gasteiger partial charge in [0.1, 0.15) is 12.1 Å². The number of aliphatic carboxylic acids is 1. The molecule has 1 rings (SSSR count). The van der Waals surface area contributed by atoms with E-state index in [-0.39, 0.29) is 30.4 Å². The lowest BCUT2D eigenvalue weighted by molar-refractivity contribution is -0.142. The Morgan fingerprint density at radius 3 is 2.14 bits per heavy atom. The van der Waals surface area contributed by atoms with Crippen molar-refractivity contribution in [1.29, 1.82) is 0 Å². The van der Waals surface area contributed by atoms with Crippen LogP contribution in [-0.4, -0.2) is 49.9 Å². The molecule has 0 saturated heterocycles. The van der Waals surface area contributed by atoms with Gasteiger partial charge in [0.25, 0.3) is 0 Å². The fraction of sp³-hybridized carbons (Fsp3) is 0.571. The molecule has 0 heterocycles. The van der Waals surface area contributed by atoms with Crippen molar-refractivity contribution in [2.75, 3.05) is 6.61 Å². The molecule has 0 fully saturated rings. The molecular weight excluding hydrogens is 388 g/mol. The van der Waals surface area contributed by atoms with Crippen LogP contribution in [0, 0.1) is 0 Å². The summed E-state index contributed by atoms with van der Waals surface area (Å²) in [5.74, 6) is -2.00. The smallest absolute Gasteiger partial charge is 0.326 e. The van der Waals surface area contributed by atoms with E-state index in [1.807, 2.05) is 30.3 Å². The largest absolute Gasteiger partial charge is 0.480 e. The minimum atomic E-state index is -2.00. The normalized spacial score (nSPS) is 14.0. The predicted molar refractivity (Wildman–Crippen MR) is 115 cm³/mol. The van der Waals surface area contributed by atoms with Crippen LogP contribution in [0.3, 0.4) is 0 Å². The Labute approximate surface area is 174 Å². The van der Waals surface area contributed by atoms with Crippen molar-refractivity contribution in [1.82, 2.24) is 10.6 Å². The Balaban J connectivity index is 2.77. The maximum Gasteiger partial charge on any atom is 0.326 e. The minimum Gasteiger partial charge on any atom is -0.480 e. The number of carbonyl (C=O) groups excluding carboxylic acids is 2. The molecule has 29 heavy (non-hydrogen) atoms. The summed E-state index contributed by atoms with van der Waals surface area (Å²) in [7, 11) is -2.00. The van der Waals surface area contributed by atoms with Crippen molar-refractivity contribution in [2.24, 2.45) is 0 Å². The monoisotopic (exact) mass is 422 g/mol. The van der Waals surface area contributed by atoms with Gasteiger partial charge in [-0.2, -0.15) is 0 Å². The van der Waals surface area contributed by atoms with Crippen molar-refractivity contribution in [2.45, 2.75) is 70.8 Å². The van der Waals surface area contributed by atoms with Crippen LogP contribution in [0.15, 0.2) is 30.3 Å². The van der Waals surface area contributed by atoms with Crippen LogP contribution in [0.1, 0.15) is 39.7 Å². The third kappa shape index (κ3) is 8.37. The van der Waals surface area contributed by atoms with Gasteiger partial charge in [0.05, 0.1) is 0 Å². The van der Waals surface area contributed by atoms with E-state index in [4.69, 9.17) is 4.43 Å². The molecule has 2 amide bonds. The first-order chi connectivity index (χ1) is 13.3. The first kappa shape index (κ1) is 24.8. The van der Waals surface area contributed by atoms with Gasteiger partial charge in [0.15, 0.2) is 8.32 Å². The van der Waals surface area contributed by atoms with Crippen LogP contribution in [-0.2, 0) is 25.2 Å². The molecule has 0 saturated carbocycles. The number of nitrogens with one attached hydrogen (secondary N) is 2. The van der Waals surface area contributed by atoms with Crippen LogP contribution in [0.4, 0.5) is 0 Å². The van der Waals surface area contributed by atoms with E-state index in [1.54, 1.807) is 0 Å². The first-order valence-electron chi connectivity index (χ1n) is 9.81. The maximum absolute atomic E-state index is 12.7. The number of hydrogen-bond acceptors (Lipinski definition) is 4. The van der Waals surface area contributed by atoms with Gasteiger partial charge in [-0.3, -0.25) is 9.59 Å². The third-order valence-corrected chi connectivity index (χ3v) is 9.81. The van der Waals surface area contributed by atoms with E-state index >= 15 is 0 Å². The molecule has 162 valence electrons. The van der Waals surface area contributed by atoms with E-state index in [1.165, 1.54) is 6.92 Å². The van der Waals surface area contributed by atoms with Gasteiger partial charge in [-0.1, -0.05) is 51.1 Å². The predicted octanol–water partition coefficient (Wildman–Crippen LogP) is 2.72. The summed E-state index contributed by atoms with van der Waals surface area (Å²) in [6.45, 7) is 12.1. The SMILES string of the molecule is CC(=O)N[C@H](Cc1ccccc1)C(=O)N[C@@H](CCO[Si](C)(C)C(C)(C)C)C(=O)O. The van der Waals surface area contributed by atoms with E-state index in [9.17, 15) is 19.5 Å². The van der Waals surface area contributed by atoms with Gasteiger partial charge in [0, 0.05) is 26.4 Å². The molecule has 7 nitrogen and oxygen atoms in total. The van der Waals surface area contributed by atoms with Gasteiger partial charge < -0.3 is 20.2 Å².